The van der Waals surface area contributed by atoms with Crippen LogP contribution in [0, 0.1) is 13.8 Å². The van der Waals surface area contributed by atoms with E-state index in [1.54, 1.807) is 29.7 Å². The molecule has 1 aliphatic rings. The number of hydrogen-bond donors (Lipinski definition) is 5. The number of carbonyl (C=O) groups is 3. The van der Waals surface area contributed by atoms with E-state index in [9.17, 15) is 19.6 Å². The molecule has 2 heterocycles. The smallest absolute Gasteiger partial charge is 0.404 e. The molecule has 1 fully saturated rings. The SMILES string of the molecule is C=CC[C@](CCCCNC(=O)O)(C(=O)NO)N1CCC(N)(c2ccc(OCc3cc(C)nc(C)c3)cc2)C1=O. The molecule has 1 aromatic carbocycles. The van der Waals surface area contributed by atoms with Crippen LogP contribution in [-0.2, 0) is 21.7 Å². The lowest BCUT2D eigenvalue weighted by Gasteiger charge is -2.40. The second-order valence-electron chi connectivity index (χ2n) is 9.90. The predicted octanol–water partition coefficient (Wildman–Crippen LogP) is 2.92. The van der Waals surface area contributed by atoms with Gasteiger partial charge in [0.1, 0.15) is 23.4 Å². The summed E-state index contributed by atoms with van der Waals surface area (Å²) in [6.07, 6.45) is 1.79. The van der Waals surface area contributed by atoms with Crippen LogP contribution in [-0.4, -0.2) is 56.7 Å². The lowest BCUT2D eigenvalue weighted by atomic mass is 9.85. The molecule has 1 unspecified atom stereocenters. The molecule has 210 valence electrons. The summed E-state index contributed by atoms with van der Waals surface area (Å²) in [6, 6.07) is 10.9. The largest absolute Gasteiger partial charge is 0.489 e. The first-order valence-electron chi connectivity index (χ1n) is 12.9. The van der Waals surface area contributed by atoms with Crippen molar-refractivity contribution in [1.29, 1.82) is 0 Å². The Hall–Kier alpha value is -3.96. The van der Waals surface area contributed by atoms with Crippen molar-refractivity contribution >= 4 is 17.9 Å². The lowest BCUT2D eigenvalue weighted by Crippen LogP contribution is -2.61. The maximum Gasteiger partial charge on any atom is 0.404 e. The maximum absolute atomic E-state index is 13.8. The van der Waals surface area contributed by atoms with Crippen molar-refractivity contribution in [2.75, 3.05) is 13.1 Å². The van der Waals surface area contributed by atoms with E-state index in [0.29, 0.717) is 30.8 Å². The Morgan fingerprint density at radius 1 is 1.23 bits per heavy atom. The van der Waals surface area contributed by atoms with E-state index >= 15 is 0 Å². The topological polar surface area (TPSA) is 167 Å². The zero-order chi connectivity index (χ0) is 28.6. The highest BCUT2D eigenvalue weighted by molar-refractivity contribution is 5.96. The average molecular weight is 540 g/mol. The molecule has 39 heavy (non-hydrogen) atoms. The summed E-state index contributed by atoms with van der Waals surface area (Å²) in [7, 11) is 0. The van der Waals surface area contributed by atoms with E-state index in [-0.39, 0.29) is 32.4 Å². The van der Waals surface area contributed by atoms with Gasteiger partial charge in [0, 0.05) is 24.5 Å². The molecular weight excluding hydrogens is 502 g/mol. The fraction of sp³-hybridized carbons (Fsp3) is 0.429. The normalized spacial score (nSPS) is 18.4. The number of ether oxygens (including phenoxy) is 1. The van der Waals surface area contributed by atoms with Gasteiger partial charge in [-0.05, 0) is 81.3 Å². The highest BCUT2D eigenvalue weighted by Crippen LogP contribution is 2.39. The molecule has 1 aliphatic heterocycles. The molecule has 0 bridgehead atoms. The minimum Gasteiger partial charge on any atom is -0.489 e. The second kappa shape index (κ2) is 12.7. The zero-order valence-corrected chi connectivity index (χ0v) is 22.4. The van der Waals surface area contributed by atoms with Gasteiger partial charge in [-0.2, -0.15) is 0 Å². The van der Waals surface area contributed by atoms with Crippen LogP contribution in [0.2, 0.25) is 0 Å². The van der Waals surface area contributed by atoms with Crippen molar-refractivity contribution in [1.82, 2.24) is 20.7 Å². The average Bonchev–Trinajstić information content (AvgIpc) is 3.21. The molecule has 0 saturated carbocycles. The number of carbonyl (C=O) groups excluding carboxylic acids is 2. The molecule has 0 spiro atoms. The van der Waals surface area contributed by atoms with Crippen LogP contribution >= 0.6 is 0 Å². The van der Waals surface area contributed by atoms with E-state index in [2.05, 4.69) is 16.9 Å². The van der Waals surface area contributed by atoms with E-state index in [0.717, 1.165) is 17.0 Å². The number of unbranched alkanes of at least 4 members (excludes halogenated alkanes) is 1. The number of nitrogens with two attached hydrogens (primary N) is 1. The number of amides is 3. The summed E-state index contributed by atoms with van der Waals surface area (Å²) < 4.78 is 5.91. The molecule has 11 heteroatoms. The van der Waals surface area contributed by atoms with Crippen LogP contribution in [0.3, 0.4) is 0 Å². The van der Waals surface area contributed by atoms with E-state index in [1.807, 2.05) is 26.0 Å². The van der Waals surface area contributed by atoms with Crippen molar-refractivity contribution in [3.8, 4) is 5.75 Å². The molecule has 3 rings (SSSR count). The molecule has 6 N–H and O–H groups in total. The predicted molar refractivity (Wildman–Crippen MR) is 144 cm³/mol. The Morgan fingerprint density at radius 2 is 1.90 bits per heavy atom. The van der Waals surface area contributed by atoms with Gasteiger partial charge in [-0.3, -0.25) is 19.8 Å². The molecule has 1 saturated heterocycles. The van der Waals surface area contributed by atoms with E-state index < -0.39 is 29.0 Å². The first kappa shape index (κ1) is 29.6. The van der Waals surface area contributed by atoms with Gasteiger partial charge in [-0.15, -0.1) is 6.58 Å². The molecule has 0 radical (unpaired) electrons. The van der Waals surface area contributed by atoms with Crippen molar-refractivity contribution < 1.29 is 29.4 Å². The zero-order valence-electron chi connectivity index (χ0n) is 22.4. The molecule has 2 aromatic rings. The minimum atomic E-state index is -1.41. The number of likely N-dealkylation sites (tertiary alicyclic amines) is 1. The maximum atomic E-state index is 13.8. The van der Waals surface area contributed by atoms with Crippen LogP contribution in [0.5, 0.6) is 5.75 Å². The molecule has 0 aliphatic carbocycles. The van der Waals surface area contributed by atoms with Crippen molar-refractivity contribution in [3.05, 3.63) is 71.6 Å². The summed E-state index contributed by atoms with van der Waals surface area (Å²) in [5.41, 5.74) is 9.01. The number of benzene rings is 1. The number of carboxylic acid groups (broad SMARTS) is 1. The van der Waals surface area contributed by atoms with Gasteiger partial charge in [0.2, 0.25) is 5.91 Å². The third-order valence-corrected chi connectivity index (χ3v) is 7.09. The number of nitrogens with zero attached hydrogens (tertiary/aromatic N) is 2. The second-order valence-corrected chi connectivity index (χ2v) is 9.90. The minimum absolute atomic E-state index is 0.0916. The number of aryl methyl sites for hydroxylation is 2. The Bertz CT molecular complexity index is 1180. The Balaban J connectivity index is 1.76. The Kier molecular flexibility index (Phi) is 9.66. The first-order chi connectivity index (χ1) is 18.6. The fourth-order valence-corrected chi connectivity index (χ4v) is 5.19. The Morgan fingerprint density at radius 3 is 2.49 bits per heavy atom. The number of hydroxylamine groups is 1. The highest BCUT2D eigenvalue weighted by Gasteiger charge is 2.54. The molecule has 1 aromatic heterocycles. The monoisotopic (exact) mass is 539 g/mol. The van der Waals surface area contributed by atoms with Gasteiger partial charge in [0.15, 0.2) is 0 Å². The van der Waals surface area contributed by atoms with Gasteiger partial charge >= 0.3 is 6.09 Å². The number of rotatable bonds is 13. The van der Waals surface area contributed by atoms with Gasteiger partial charge in [0.05, 0.1) is 0 Å². The summed E-state index contributed by atoms with van der Waals surface area (Å²) in [5, 5.41) is 20.6. The lowest BCUT2D eigenvalue weighted by molar-refractivity contribution is -0.152. The number of nitrogens with one attached hydrogen (secondary N) is 2. The van der Waals surface area contributed by atoms with Crippen molar-refractivity contribution in [2.24, 2.45) is 5.73 Å². The van der Waals surface area contributed by atoms with Gasteiger partial charge in [-0.1, -0.05) is 18.2 Å². The molecule has 3 amide bonds. The molecular formula is C28H37N5O6. The van der Waals surface area contributed by atoms with Crippen molar-refractivity contribution in [3.63, 3.8) is 0 Å². The third kappa shape index (κ3) is 6.73. The standard InChI is InChI=1S/C28H37N5O6/c1-4-11-27(24(34)32-38,12-5-6-14-30-26(36)37)33-15-13-28(29,25(33)35)22-7-9-23(10-8-22)39-18-21-16-19(2)31-20(3)17-21/h4,7-10,16-17,30,38H,1,5-6,11-15,18,29H2,2-3H3,(H,32,34)(H,36,37)/t27-,28?/m0/s1. The van der Waals surface area contributed by atoms with Crippen molar-refractivity contribution in [2.45, 2.75) is 63.6 Å². The quantitative estimate of drug-likeness (QED) is 0.112. The number of pyridine rings is 1. The summed E-state index contributed by atoms with van der Waals surface area (Å²) in [5.74, 6) is -0.558. The van der Waals surface area contributed by atoms with Gasteiger partial charge < -0.3 is 25.8 Å². The Labute approximate surface area is 228 Å². The molecule has 11 nitrogen and oxygen atoms in total. The summed E-state index contributed by atoms with van der Waals surface area (Å²) in [4.78, 5) is 43.3. The van der Waals surface area contributed by atoms with Crippen LogP contribution in [0.4, 0.5) is 4.79 Å². The number of aromatic nitrogens is 1. The summed E-state index contributed by atoms with van der Waals surface area (Å²) in [6.45, 7) is 8.36. The van der Waals surface area contributed by atoms with Crippen LogP contribution in [0.25, 0.3) is 0 Å². The van der Waals surface area contributed by atoms with Crippen LogP contribution < -0.4 is 21.3 Å². The van der Waals surface area contributed by atoms with E-state index in [4.69, 9.17) is 15.6 Å². The highest BCUT2D eigenvalue weighted by atomic mass is 16.5. The number of hydrogen-bond acceptors (Lipinski definition) is 7. The van der Waals surface area contributed by atoms with Gasteiger partial charge in [-0.25, -0.2) is 10.3 Å². The van der Waals surface area contributed by atoms with Crippen LogP contribution in [0.15, 0.2) is 49.1 Å². The fourth-order valence-electron chi connectivity index (χ4n) is 5.19. The third-order valence-electron chi connectivity index (χ3n) is 7.09. The first-order valence-corrected chi connectivity index (χ1v) is 12.9. The summed E-state index contributed by atoms with van der Waals surface area (Å²) >= 11 is 0. The molecule has 2 atom stereocenters. The van der Waals surface area contributed by atoms with Gasteiger partial charge in [0.25, 0.3) is 5.91 Å². The van der Waals surface area contributed by atoms with E-state index in [1.165, 1.54) is 11.0 Å². The van der Waals surface area contributed by atoms with Crippen LogP contribution in [0.1, 0.15) is 54.6 Å².